The van der Waals surface area contributed by atoms with E-state index in [4.69, 9.17) is 11.6 Å². The summed E-state index contributed by atoms with van der Waals surface area (Å²) in [6.45, 7) is 1.39. The fourth-order valence-corrected chi connectivity index (χ4v) is 3.67. The van der Waals surface area contributed by atoms with Crippen LogP contribution in [0.25, 0.3) is 0 Å². The van der Waals surface area contributed by atoms with E-state index in [9.17, 15) is 22.8 Å². The van der Waals surface area contributed by atoms with E-state index in [0.717, 1.165) is 34.2 Å². The van der Waals surface area contributed by atoms with Crippen LogP contribution in [0.5, 0.6) is 0 Å². The van der Waals surface area contributed by atoms with Crippen molar-refractivity contribution >= 4 is 46.3 Å². The molecule has 1 aliphatic heterocycles. The van der Waals surface area contributed by atoms with E-state index in [1.54, 1.807) is 12.1 Å². The minimum Gasteiger partial charge on any atom is -0.324 e. The summed E-state index contributed by atoms with van der Waals surface area (Å²) in [7, 11) is 0. The molecule has 1 aliphatic rings. The van der Waals surface area contributed by atoms with E-state index in [0.29, 0.717) is 11.4 Å². The summed E-state index contributed by atoms with van der Waals surface area (Å²) in [6, 6.07) is 13.7. The van der Waals surface area contributed by atoms with Gasteiger partial charge >= 0.3 is 6.18 Å². The fraction of sp³-hybridized carbons (Fsp3) is 0.167. The zero-order valence-corrected chi connectivity index (χ0v) is 18.6. The Morgan fingerprint density at radius 2 is 1.88 bits per heavy atom. The molecule has 0 spiro atoms. The first kappa shape index (κ1) is 23.4. The lowest BCUT2D eigenvalue weighted by Gasteiger charge is -2.21. The van der Waals surface area contributed by atoms with E-state index in [1.807, 2.05) is 31.2 Å². The number of nitrogens with zero attached hydrogens (tertiary/aromatic N) is 3. The second-order valence-electron chi connectivity index (χ2n) is 7.66. The van der Waals surface area contributed by atoms with Crippen LogP contribution in [0.3, 0.4) is 0 Å². The first-order chi connectivity index (χ1) is 16.1. The average molecular weight is 487 g/mol. The molecule has 4 rings (SSSR count). The number of nitrogens with one attached hydrogen (secondary N) is 1. The molecule has 0 aliphatic carbocycles. The number of rotatable bonds is 4. The van der Waals surface area contributed by atoms with Gasteiger partial charge in [0.25, 0.3) is 0 Å². The number of amides is 2. The van der Waals surface area contributed by atoms with Crippen LogP contribution in [0.15, 0.2) is 65.8 Å². The van der Waals surface area contributed by atoms with Gasteiger partial charge in [0.1, 0.15) is 12.2 Å². The Balaban J connectivity index is 1.62. The van der Waals surface area contributed by atoms with Gasteiger partial charge in [-0.1, -0.05) is 41.4 Å². The van der Waals surface area contributed by atoms with Crippen LogP contribution in [0.2, 0.25) is 5.02 Å². The minimum atomic E-state index is -4.70. The number of pyridine rings is 1. The summed E-state index contributed by atoms with van der Waals surface area (Å²) >= 11 is 5.83. The van der Waals surface area contributed by atoms with Crippen LogP contribution < -0.4 is 10.2 Å². The van der Waals surface area contributed by atoms with Crippen molar-refractivity contribution in [1.29, 1.82) is 0 Å². The Hall–Kier alpha value is -3.72. The molecule has 0 atom stereocenters. The van der Waals surface area contributed by atoms with Gasteiger partial charge in [0.2, 0.25) is 11.8 Å². The number of benzene rings is 2. The number of alkyl halides is 3. The molecule has 2 aromatic carbocycles. The van der Waals surface area contributed by atoms with Gasteiger partial charge < -0.3 is 5.32 Å². The van der Waals surface area contributed by atoms with Gasteiger partial charge in [-0.2, -0.15) is 13.2 Å². The monoisotopic (exact) mass is 486 g/mol. The number of aromatic nitrogens is 1. The van der Waals surface area contributed by atoms with Gasteiger partial charge in [-0.25, -0.2) is 9.98 Å². The van der Waals surface area contributed by atoms with Gasteiger partial charge in [0, 0.05) is 11.2 Å². The summed E-state index contributed by atoms with van der Waals surface area (Å²) in [6.07, 6.45) is -3.36. The molecule has 6 nitrogen and oxygen atoms in total. The highest BCUT2D eigenvalue weighted by Crippen LogP contribution is 2.36. The molecular weight excluding hydrogens is 469 g/mol. The summed E-state index contributed by atoms with van der Waals surface area (Å²) in [5.74, 6) is -1.16. The molecule has 2 heterocycles. The van der Waals surface area contributed by atoms with Crippen molar-refractivity contribution < 1.29 is 22.8 Å². The normalized spacial score (nSPS) is 13.7. The van der Waals surface area contributed by atoms with Gasteiger partial charge in [-0.3, -0.25) is 14.5 Å². The van der Waals surface area contributed by atoms with Crippen molar-refractivity contribution in [3.63, 3.8) is 0 Å². The number of fused-ring (bicyclic) bond motifs is 1. The molecule has 0 bridgehead atoms. The van der Waals surface area contributed by atoms with Crippen LogP contribution in [0, 0.1) is 6.92 Å². The molecule has 0 saturated heterocycles. The Morgan fingerprint density at radius 3 is 2.59 bits per heavy atom. The van der Waals surface area contributed by atoms with E-state index < -0.39 is 35.8 Å². The lowest BCUT2D eigenvalue weighted by molar-refractivity contribution is -0.137. The molecule has 0 fully saturated rings. The van der Waals surface area contributed by atoms with Crippen LogP contribution in [-0.4, -0.2) is 29.1 Å². The van der Waals surface area contributed by atoms with Gasteiger partial charge in [0.05, 0.1) is 23.4 Å². The van der Waals surface area contributed by atoms with Crippen LogP contribution in [0.4, 0.5) is 30.4 Å². The molecule has 174 valence electrons. The fourth-order valence-electron chi connectivity index (χ4n) is 3.50. The first-order valence-corrected chi connectivity index (χ1v) is 10.6. The predicted octanol–water partition coefficient (Wildman–Crippen LogP) is 5.56. The number of carbonyl (C=O) groups is 2. The number of aliphatic imine (C=N–C) groups is 1. The molecule has 1 aromatic heterocycles. The van der Waals surface area contributed by atoms with Crippen molar-refractivity contribution in [2.24, 2.45) is 4.99 Å². The number of carbonyl (C=O) groups excluding carboxylic acids is 2. The Morgan fingerprint density at radius 1 is 1.15 bits per heavy atom. The largest absolute Gasteiger partial charge is 0.418 e. The maximum Gasteiger partial charge on any atom is 0.418 e. The molecule has 0 unspecified atom stereocenters. The van der Waals surface area contributed by atoms with E-state index in [-0.39, 0.29) is 17.3 Å². The topological polar surface area (TPSA) is 74.7 Å². The quantitative estimate of drug-likeness (QED) is 0.524. The minimum absolute atomic E-state index is 0.0253. The van der Waals surface area contributed by atoms with Crippen LogP contribution in [0.1, 0.15) is 23.1 Å². The number of hydrogen-bond donors (Lipinski definition) is 1. The summed E-state index contributed by atoms with van der Waals surface area (Å²) < 4.78 is 40.0. The second-order valence-corrected chi connectivity index (χ2v) is 8.10. The van der Waals surface area contributed by atoms with Crippen molar-refractivity contribution in [1.82, 2.24) is 4.98 Å². The standard InChI is InChI=1S/C24H18ClF3N4O2/c1-14-4-6-15(7-5-14)19-12-22(34)32(23-18(30-19)3-2-10-29-23)13-21(33)31-20-11-16(25)8-9-17(20)24(26,27)28/h2-11H,12-13H2,1H3,(H,31,33). The summed E-state index contributed by atoms with van der Waals surface area (Å²) in [4.78, 5) is 35.8. The molecule has 1 N–H and O–H groups in total. The molecule has 0 saturated carbocycles. The number of anilines is 2. The molecule has 3 aromatic rings. The van der Waals surface area contributed by atoms with Crippen LogP contribution in [-0.2, 0) is 15.8 Å². The Kier molecular flexibility index (Phi) is 6.39. The highest BCUT2D eigenvalue weighted by atomic mass is 35.5. The van der Waals surface area contributed by atoms with Crippen molar-refractivity contribution in [2.75, 3.05) is 16.8 Å². The number of hydrogen-bond acceptors (Lipinski definition) is 4. The van der Waals surface area contributed by atoms with E-state index in [2.05, 4.69) is 15.3 Å². The first-order valence-electron chi connectivity index (χ1n) is 10.2. The lowest BCUT2D eigenvalue weighted by Crippen LogP contribution is -2.39. The lowest BCUT2D eigenvalue weighted by atomic mass is 10.1. The maximum absolute atomic E-state index is 13.3. The third kappa shape index (κ3) is 5.09. The van der Waals surface area contributed by atoms with Crippen molar-refractivity contribution in [3.8, 4) is 0 Å². The second kappa shape index (κ2) is 9.26. The number of aryl methyl sites for hydroxylation is 1. The van der Waals surface area contributed by atoms with Crippen molar-refractivity contribution in [2.45, 2.75) is 19.5 Å². The maximum atomic E-state index is 13.3. The highest BCUT2D eigenvalue weighted by Gasteiger charge is 2.34. The molecule has 0 radical (unpaired) electrons. The predicted molar refractivity (Wildman–Crippen MR) is 124 cm³/mol. The zero-order valence-electron chi connectivity index (χ0n) is 17.9. The third-order valence-electron chi connectivity index (χ3n) is 5.14. The number of halogens is 4. The molecule has 34 heavy (non-hydrogen) atoms. The Labute approximate surface area is 198 Å². The SMILES string of the molecule is Cc1ccc(C2=Nc3cccnc3N(CC(=O)Nc3cc(Cl)ccc3C(F)(F)F)C(=O)C2)cc1. The van der Waals surface area contributed by atoms with Gasteiger partial charge in [-0.15, -0.1) is 0 Å². The molecular formula is C24H18ClF3N4O2. The smallest absolute Gasteiger partial charge is 0.324 e. The van der Waals surface area contributed by atoms with E-state index in [1.165, 1.54) is 6.20 Å². The Bertz CT molecular complexity index is 1290. The van der Waals surface area contributed by atoms with Crippen molar-refractivity contribution in [3.05, 3.63) is 82.5 Å². The molecule has 2 amide bonds. The average Bonchev–Trinajstić information content (AvgIpc) is 2.90. The highest BCUT2D eigenvalue weighted by molar-refractivity contribution is 6.31. The van der Waals surface area contributed by atoms with Gasteiger partial charge in [0.15, 0.2) is 5.82 Å². The van der Waals surface area contributed by atoms with E-state index >= 15 is 0 Å². The summed E-state index contributed by atoms with van der Waals surface area (Å²) in [5.41, 5.74) is 1.12. The van der Waals surface area contributed by atoms with Gasteiger partial charge in [-0.05, 0) is 42.8 Å². The molecule has 10 heteroatoms. The zero-order chi connectivity index (χ0) is 24.5. The third-order valence-corrected chi connectivity index (χ3v) is 5.38. The van der Waals surface area contributed by atoms with Crippen LogP contribution >= 0.6 is 11.6 Å². The summed E-state index contributed by atoms with van der Waals surface area (Å²) in [5, 5.41) is 2.25.